The first-order chi connectivity index (χ1) is 7.88. The van der Waals surface area contributed by atoms with Crippen molar-refractivity contribution in [3.05, 3.63) is 29.1 Å². The van der Waals surface area contributed by atoms with Crippen LogP contribution in [0.4, 0.5) is 18.3 Å². The fourth-order valence-corrected chi connectivity index (χ4v) is 1.91. The quantitative estimate of drug-likeness (QED) is 0.828. The van der Waals surface area contributed by atoms with Gasteiger partial charge in [-0.15, -0.1) is 11.3 Å². The highest BCUT2D eigenvalue weighted by Crippen LogP contribution is 2.38. The Balaban J connectivity index is 2.51. The van der Waals surface area contributed by atoms with E-state index in [0.29, 0.717) is 5.69 Å². The topological polar surface area (TPSA) is 59.1 Å². The van der Waals surface area contributed by atoms with Gasteiger partial charge in [-0.05, 0) is 18.2 Å². The zero-order valence-electron chi connectivity index (χ0n) is 8.32. The van der Waals surface area contributed by atoms with Gasteiger partial charge in [0.25, 0.3) is 0 Å². The van der Waals surface area contributed by atoms with Gasteiger partial charge in [-0.3, -0.25) is 0 Å². The molecule has 90 valence electrons. The van der Waals surface area contributed by atoms with E-state index in [1.165, 1.54) is 6.07 Å². The molecule has 0 unspecified atom stereocenters. The van der Waals surface area contributed by atoms with E-state index in [9.17, 15) is 13.2 Å². The van der Waals surface area contributed by atoms with E-state index in [1.54, 1.807) is 5.38 Å². The third-order valence-electron chi connectivity index (χ3n) is 2.12. The Morgan fingerprint density at radius 1 is 1.29 bits per heavy atom. The number of alkyl halides is 3. The lowest BCUT2D eigenvalue weighted by molar-refractivity contribution is -0.138. The number of anilines is 1. The van der Waals surface area contributed by atoms with Crippen molar-refractivity contribution in [1.29, 1.82) is 0 Å². The number of nitrogen functional groups attached to an aromatic ring is 1. The van der Waals surface area contributed by atoms with E-state index >= 15 is 0 Å². The van der Waals surface area contributed by atoms with Crippen molar-refractivity contribution in [2.45, 2.75) is 6.18 Å². The molecular weight excluding hydrogens is 253 g/mol. The summed E-state index contributed by atoms with van der Waals surface area (Å²) in [5.74, 6) is -0.801. The maximum atomic E-state index is 12.5. The van der Waals surface area contributed by atoms with Gasteiger partial charge in [0.05, 0.1) is 11.3 Å². The molecule has 0 aliphatic carbocycles. The summed E-state index contributed by atoms with van der Waals surface area (Å²) in [5.41, 5.74) is 4.95. The molecule has 7 heteroatoms. The van der Waals surface area contributed by atoms with E-state index in [0.717, 1.165) is 23.5 Å². The second-order valence-corrected chi connectivity index (χ2v) is 4.19. The number of phenolic OH excluding ortho intramolecular Hbond substituents is 1. The number of benzene rings is 1. The SMILES string of the molecule is Nc1nc(-c2ccc(O)c(C(F)(F)F)c2)cs1. The Labute approximate surface area is 98.3 Å². The van der Waals surface area contributed by atoms with E-state index in [4.69, 9.17) is 10.8 Å². The van der Waals surface area contributed by atoms with Gasteiger partial charge in [0, 0.05) is 10.9 Å². The molecule has 0 saturated heterocycles. The maximum absolute atomic E-state index is 12.5. The van der Waals surface area contributed by atoms with Crippen LogP contribution in [0.25, 0.3) is 11.3 Å². The normalized spacial score (nSPS) is 11.7. The lowest BCUT2D eigenvalue weighted by Crippen LogP contribution is -2.05. The second-order valence-electron chi connectivity index (χ2n) is 3.30. The Morgan fingerprint density at radius 2 is 2.00 bits per heavy atom. The number of hydrogen-bond donors (Lipinski definition) is 2. The highest BCUT2D eigenvalue weighted by atomic mass is 32.1. The smallest absolute Gasteiger partial charge is 0.419 e. The average Bonchev–Trinajstić information content (AvgIpc) is 2.64. The molecular formula is C10H7F3N2OS. The Hall–Kier alpha value is -1.76. The van der Waals surface area contributed by atoms with E-state index in [-0.39, 0.29) is 10.7 Å². The van der Waals surface area contributed by atoms with Gasteiger partial charge in [-0.1, -0.05) is 0 Å². The van der Waals surface area contributed by atoms with E-state index in [2.05, 4.69) is 4.98 Å². The van der Waals surface area contributed by atoms with Crippen LogP contribution in [0.3, 0.4) is 0 Å². The highest BCUT2D eigenvalue weighted by molar-refractivity contribution is 7.13. The van der Waals surface area contributed by atoms with Gasteiger partial charge in [-0.25, -0.2) is 4.98 Å². The Morgan fingerprint density at radius 3 is 2.53 bits per heavy atom. The predicted molar refractivity (Wildman–Crippen MR) is 58.6 cm³/mol. The van der Waals surface area contributed by atoms with Crippen molar-refractivity contribution in [3.8, 4) is 17.0 Å². The number of rotatable bonds is 1. The van der Waals surface area contributed by atoms with Crippen molar-refractivity contribution >= 4 is 16.5 Å². The summed E-state index contributed by atoms with van der Waals surface area (Å²) in [5, 5.41) is 11.0. The number of hydrogen-bond acceptors (Lipinski definition) is 4. The minimum atomic E-state index is -4.60. The summed E-state index contributed by atoms with van der Waals surface area (Å²) < 4.78 is 37.6. The van der Waals surface area contributed by atoms with Crippen molar-refractivity contribution < 1.29 is 18.3 Å². The number of nitrogens with two attached hydrogens (primary N) is 1. The van der Waals surface area contributed by atoms with Crippen LogP contribution in [-0.4, -0.2) is 10.1 Å². The molecule has 0 fully saturated rings. The molecule has 2 rings (SSSR count). The molecule has 0 aliphatic heterocycles. The van der Waals surface area contributed by atoms with Gasteiger partial charge in [0.2, 0.25) is 0 Å². The molecule has 1 heterocycles. The minimum absolute atomic E-state index is 0.267. The summed E-state index contributed by atoms with van der Waals surface area (Å²) >= 11 is 1.14. The van der Waals surface area contributed by atoms with Gasteiger partial charge in [0.15, 0.2) is 5.13 Å². The van der Waals surface area contributed by atoms with Gasteiger partial charge in [0.1, 0.15) is 5.75 Å². The number of aromatic nitrogens is 1. The molecule has 0 spiro atoms. The second kappa shape index (κ2) is 3.92. The first kappa shape index (κ1) is 11.7. The maximum Gasteiger partial charge on any atom is 0.419 e. The number of thiazole rings is 1. The summed E-state index contributed by atoms with van der Waals surface area (Å²) in [6.45, 7) is 0. The fourth-order valence-electron chi connectivity index (χ4n) is 1.34. The van der Waals surface area contributed by atoms with Crippen LogP contribution in [-0.2, 0) is 6.18 Å². The third-order valence-corrected chi connectivity index (χ3v) is 2.79. The fraction of sp³-hybridized carbons (Fsp3) is 0.100. The molecule has 1 aromatic heterocycles. The van der Waals surface area contributed by atoms with Crippen molar-refractivity contribution in [1.82, 2.24) is 4.98 Å². The molecule has 0 bridgehead atoms. The predicted octanol–water partition coefficient (Wildman–Crippen LogP) is 3.12. The minimum Gasteiger partial charge on any atom is -0.507 e. The third kappa shape index (κ3) is 2.33. The van der Waals surface area contributed by atoms with Crippen LogP contribution in [0.2, 0.25) is 0 Å². The molecule has 2 aromatic rings. The molecule has 0 radical (unpaired) electrons. The Bertz CT molecular complexity index is 551. The molecule has 0 saturated carbocycles. The van der Waals surface area contributed by atoms with Crippen LogP contribution in [0, 0.1) is 0 Å². The first-order valence-electron chi connectivity index (χ1n) is 4.49. The monoisotopic (exact) mass is 260 g/mol. The average molecular weight is 260 g/mol. The number of aromatic hydroxyl groups is 1. The highest BCUT2D eigenvalue weighted by Gasteiger charge is 2.34. The number of phenols is 1. The van der Waals surface area contributed by atoms with Gasteiger partial charge in [-0.2, -0.15) is 13.2 Å². The van der Waals surface area contributed by atoms with Crippen LogP contribution < -0.4 is 5.73 Å². The van der Waals surface area contributed by atoms with Crippen molar-refractivity contribution in [2.24, 2.45) is 0 Å². The number of halogens is 3. The van der Waals surface area contributed by atoms with Crippen LogP contribution >= 0.6 is 11.3 Å². The molecule has 3 nitrogen and oxygen atoms in total. The standard InChI is InChI=1S/C10H7F3N2OS/c11-10(12,13)6-3-5(1-2-8(6)16)7-4-17-9(14)15-7/h1-4,16H,(H2,14,15). The summed E-state index contributed by atoms with van der Waals surface area (Å²) in [6, 6.07) is 3.20. The van der Waals surface area contributed by atoms with Crippen molar-refractivity contribution in [2.75, 3.05) is 5.73 Å². The van der Waals surface area contributed by atoms with Crippen LogP contribution in [0.1, 0.15) is 5.56 Å². The first-order valence-corrected chi connectivity index (χ1v) is 5.37. The van der Waals surface area contributed by atoms with Crippen LogP contribution in [0.5, 0.6) is 5.75 Å². The Kier molecular flexibility index (Phi) is 2.70. The lowest BCUT2D eigenvalue weighted by atomic mass is 10.1. The van der Waals surface area contributed by atoms with E-state index in [1.807, 2.05) is 0 Å². The van der Waals surface area contributed by atoms with Crippen molar-refractivity contribution in [3.63, 3.8) is 0 Å². The summed E-state index contributed by atoms with van der Waals surface area (Å²) in [6.07, 6.45) is -4.60. The lowest BCUT2D eigenvalue weighted by Gasteiger charge is -2.09. The molecule has 17 heavy (non-hydrogen) atoms. The van der Waals surface area contributed by atoms with Gasteiger partial charge < -0.3 is 10.8 Å². The van der Waals surface area contributed by atoms with Gasteiger partial charge >= 0.3 is 6.18 Å². The van der Waals surface area contributed by atoms with E-state index < -0.39 is 17.5 Å². The zero-order valence-corrected chi connectivity index (χ0v) is 9.14. The molecule has 0 aliphatic rings. The van der Waals surface area contributed by atoms with Crippen LogP contribution in [0.15, 0.2) is 23.6 Å². The molecule has 3 N–H and O–H groups in total. The zero-order chi connectivity index (χ0) is 12.6. The number of nitrogens with zero attached hydrogens (tertiary/aromatic N) is 1. The molecule has 1 aromatic carbocycles. The summed E-state index contributed by atoms with van der Waals surface area (Å²) in [4.78, 5) is 3.88. The molecule has 0 atom stereocenters. The largest absolute Gasteiger partial charge is 0.507 e. The summed E-state index contributed by atoms with van der Waals surface area (Å²) in [7, 11) is 0. The molecule has 0 amide bonds.